The number of hydrogen-bond acceptors (Lipinski definition) is 4. The Bertz CT molecular complexity index is 525. The summed E-state index contributed by atoms with van der Waals surface area (Å²) in [5, 5.41) is 3.81. The molecule has 0 saturated carbocycles. The van der Waals surface area contributed by atoms with Crippen LogP contribution < -0.4 is 5.32 Å². The second kappa shape index (κ2) is 5.78. The van der Waals surface area contributed by atoms with Crippen molar-refractivity contribution >= 4 is 17.4 Å². The van der Waals surface area contributed by atoms with Crippen LogP contribution >= 0.6 is 11.6 Å². The second-order valence-electron chi connectivity index (χ2n) is 3.81. The lowest BCUT2D eigenvalue weighted by molar-refractivity contribution is 0.991. The molecule has 0 unspecified atom stereocenters. The first-order valence-corrected chi connectivity index (χ1v) is 6.34. The van der Waals surface area contributed by atoms with Crippen LogP contribution in [0.25, 0.3) is 11.5 Å². The van der Waals surface area contributed by atoms with Crippen molar-refractivity contribution in [2.45, 2.75) is 20.3 Å². The molecule has 1 N–H and O–H groups in total. The maximum absolute atomic E-state index is 5.82. The number of nitrogens with one attached hydrogen (secondary N) is 1. The van der Waals surface area contributed by atoms with Gasteiger partial charge in [-0.2, -0.15) is 0 Å². The molecule has 94 valence electrons. The molecule has 0 bridgehead atoms. The Hall–Kier alpha value is -1.68. The fourth-order valence-corrected chi connectivity index (χ4v) is 1.68. The quantitative estimate of drug-likeness (QED) is 0.919. The molecule has 0 atom stereocenters. The number of anilines is 1. The zero-order valence-corrected chi connectivity index (χ0v) is 11.2. The molecule has 0 radical (unpaired) electrons. The zero-order chi connectivity index (χ0) is 13.0. The summed E-state index contributed by atoms with van der Waals surface area (Å²) in [4.78, 5) is 13.2. The monoisotopic (exact) mass is 262 g/mol. The van der Waals surface area contributed by atoms with Crippen LogP contribution in [-0.2, 0) is 6.42 Å². The maximum Gasteiger partial charge on any atom is 0.180 e. The lowest BCUT2D eigenvalue weighted by Crippen LogP contribution is -2.04. The highest BCUT2D eigenvalue weighted by Gasteiger charge is 2.07. The number of nitrogens with zero attached hydrogens (tertiary/aromatic N) is 3. The van der Waals surface area contributed by atoms with Crippen LogP contribution in [0.2, 0.25) is 5.02 Å². The number of hydrogen-bond donors (Lipinski definition) is 1. The average molecular weight is 263 g/mol. The minimum absolute atomic E-state index is 0.609. The molecule has 0 fully saturated rings. The van der Waals surface area contributed by atoms with Crippen LogP contribution in [0.1, 0.15) is 19.5 Å². The number of pyridine rings is 1. The highest BCUT2D eigenvalue weighted by molar-refractivity contribution is 6.30. The van der Waals surface area contributed by atoms with Gasteiger partial charge in [0.05, 0.1) is 5.02 Å². The van der Waals surface area contributed by atoms with Crippen molar-refractivity contribution in [1.29, 1.82) is 0 Å². The predicted molar refractivity (Wildman–Crippen MR) is 73.8 cm³/mol. The molecule has 0 aromatic carbocycles. The van der Waals surface area contributed by atoms with E-state index in [4.69, 9.17) is 11.6 Å². The molecule has 0 aliphatic heterocycles. The molecule has 5 heteroatoms. The number of aromatic nitrogens is 3. The number of rotatable bonds is 4. The topological polar surface area (TPSA) is 50.7 Å². The summed E-state index contributed by atoms with van der Waals surface area (Å²) >= 11 is 5.82. The van der Waals surface area contributed by atoms with Crippen molar-refractivity contribution in [1.82, 2.24) is 15.0 Å². The lowest BCUT2D eigenvalue weighted by atomic mass is 10.3. The van der Waals surface area contributed by atoms with Gasteiger partial charge < -0.3 is 5.32 Å². The fraction of sp³-hybridized carbons (Fsp3) is 0.308. The summed E-state index contributed by atoms with van der Waals surface area (Å²) in [6, 6.07) is 5.58. The third-order valence-corrected chi connectivity index (χ3v) is 2.68. The summed E-state index contributed by atoms with van der Waals surface area (Å²) in [5.74, 6) is 1.46. The van der Waals surface area contributed by atoms with Crippen LogP contribution in [0.15, 0.2) is 24.4 Å². The van der Waals surface area contributed by atoms with E-state index in [9.17, 15) is 0 Å². The van der Waals surface area contributed by atoms with Crippen molar-refractivity contribution in [3.63, 3.8) is 0 Å². The van der Waals surface area contributed by atoms with Gasteiger partial charge in [0.1, 0.15) is 11.5 Å². The van der Waals surface area contributed by atoms with Gasteiger partial charge in [0.15, 0.2) is 5.82 Å². The molecule has 2 aromatic rings. The minimum atomic E-state index is 0.609. The van der Waals surface area contributed by atoms with Crippen molar-refractivity contribution in [2.75, 3.05) is 11.9 Å². The normalized spacial score (nSPS) is 10.4. The first kappa shape index (κ1) is 12.8. The minimum Gasteiger partial charge on any atom is -0.370 e. The third-order valence-electron chi connectivity index (χ3n) is 2.46. The number of aryl methyl sites for hydroxylation is 1. The van der Waals surface area contributed by atoms with E-state index in [1.807, 2.05) is 19.1 Å². The largest absolute Gasteiger partial charge is 0.370 e. The molecule has 0 spiro atoms. The Labute approximate surface area is 111 Å². The van der Waals surface area contributed by atoms with Crippen LogP contribution in [-0.4, -0.2) is 21.5 Å². The molecule has 0 amide bonds. The van der Waals surface area contributed by atoms with Gasteiger partial charge in [-0.05, 0) is 25.5 Å². The van der Waals surface area contributed by atoms with Crippen LogP contribution in [0, 0.1) is 0 Å². The Kier molecular flexibility index (Phi) is 4.10. The molecular formula is C13H15ClN4. The Balaban J connectivity index is 2.42. The molecule has 2 rings (SSSR count). The molecule has 2 heterocycles. The highest BCUT2D eigenvalue weighted by Crippen LogP contribution is 2.18. The van der Waals surface area contributed by atoms with Gasteiger partial charge in [-0.15, -0.1) is 0 Å². The molecule has 0 aliphatic rings. The standard InChI is InChI=1S/C13H15ClN4/c1-3-10-7-12(15-4-2)18-13(17-10)11-6-5-9(14)8-16-11/h5-8H,3-4H2,1-2H3,(H,15,17,18). The summed E-state index contributed by atoms with van der Waals surface area (Å²) in [5.41, 5.74) is 1.72. The highest BCUT2D eigenvalue weighted by atomic mass is 35.5. The maximum atomic E-state index is 5.82. The predicted octanol–water partition coefficient (Wildman–Crippen LogP) is 3.19. The summed E-state index contributed by atoms with van der Waals surface area (Å²) < 4.78 is 0. The first-order chi connectivity index (χ1) is 8.72. The zero-order valence-electron chi connectivity index (χ0n) is 10.4. The molecule has 4 nitrogen and oxygen atoms in total. The van der Waals surface area contributed by atoms with Crippen molar-refractivity contribution in [2.24, 2.45) is 0 Å². The Morgan fingerprint density at radius 3 is 2.67 bits per heavy atom. The molecule has 0 aliphatic carbocycles. The smallest absolute Gasteiger partial charge is 0.180 e. The lowest BCUT2D eigenvalue weighted by Gasteiger charge is -2.07. The van der Waals surface area contributed by atoms with E-state index in [1.165, 1.54) is 0 Å². The van der Waals surface area contributed by atoms with Crippen molar-refractivity contribution in [3.8, 4) is 11.5 Å². The van der Waals surface area contributed by atoms with Crippen molar-refractivity contribution in [3.05, 3.63) is 35.1 Å². The van der Waals surface area contributed by atoms with Gasteiger partial charge >= 0.3 is 0 Å². The Morgan fingerprint density at radius 1 is 1.22 bits per heavy atom. The van der Waals surface area contributed by atoms with Gasteiger partial charge in [-0.1, -0.05) is 18.5 Å². The second-order valence-corrected chi connectivity index (χ2v) is 4.25. The van der Waals surface area contributed by atoms with Crippen LogP contribution in [0.4, 0.5) is 5.82 Å². The van der Waals surface area contributed by atoms with Gasteiger partial charge in [0, 0.05) is 24.5 Å². The fourth-order valence-electron chi connectivity index (χ4n) is 1.57. The van der Waals surface area contributed by atoms with Gasteiger partial charge in [0.2, 0.25) is 0 Å². The summed E-state index contributed by atoms with van der Waals surface area (Å²) in [7, 11) is 0. The molecule has 0 saturated heterocycles. The summed E-state index contributed by atoms with van der Waals surface area (Å²) in [6.45, 7) is 4.93. The Morgan fingerprint density at radius 2 is 2.06 bits per heavy atom. The van der Waals surface area contributed by atoms with E-state index in [0.29, 0.717) is 10.8 Å². The van der Waals surface area contributed by atoms with E-state index in [1.54, 1.807) is 12.3 Å². The SMILES string of the molecule is CCNc1cc(CC)nc(-c2ccc(Cl)cn2)n1. The molecule has 2 aromatic heterocycles. The van der Waals surface area contributed by atoms with Crippen LogP contribution in [0.5, 0.6) is 0 Å². The van der Waals surface area contributed by atoms with Gasteiger partial charge in [-0.3, -0.25) is 4.98 Å². The molecular weight excluding hydrogens is 248 g/mol. The number of halogens is 1. The molecule has 18 heavy (non-hydrogen) atoms. The van der Waals surface area contributed by atoms with E-state index >= 15 is 0 Å². The van der Waals surface area contributed by atoms with Gasteiger partial charge in [-0.25, -0.2) is 9.97 Å². The van der Waals surface area contributed by atoms with E-state index in [0.717, 1.165) is 30.2 Å². The van der Waals surface area contributed by atoms with E-state index in [2.05, 4.69) is 27.2 Å². The van der Waals surface area contributed by atoms with Crippen LogP contribution in [0.3, 0.4) is 0 Å². The van der Waals surface area contributed by atoms with Gasteiger partial charge in [0.25, 0.3) is 0 Å². The first-order valence-electron chi connectivity index (χ1n) is 5.96. The van der Waals surface area contributed by atoms with Crippen molar-refractivity contribution < 1.29 is 0 Å². The van der Waals surface area contributed by atoms with E-state index in [-0.39, 0.29) is 0 Å². The summed E-state index contributed by atoms with van der Waals surface area (Å²) in [6.07, 6.45) is 2.47. The average Bonchev–Trinajstić information content (AvgIpc) is 2.39. The van der Waals surface area contributed by atoms with E-state index < -0.39 is 0 Å². The third kappa shape index (κ3) is 2.96.